The van der Waals surface area contributed by atoms with Crippen LogP contribution in [0.4, 0.5) is 0 Å². The fraction of sp³-hybridized carbons (Fsp3) is 0.500. The molecule has 1 aromatic carbocycles. The molecule has 0 spiro atoms. The van der Waals surface area contributed by atoms with Crippen LogP contribution >= 0.6 is 11.8 Å². The molecule has 0 saturated heterocycles. The molecule has 13 heteroatoms. The number of aromatic hydroxyl groups is 1. The van der Waals surface area contributed by atoms with E-state index in [1.54, 1.807) is 18.4 Å². The molecule has 0 bridgehead atoms. The average molecular weight is 512 g/mol. The zero-order valence-electron chi connectivity index (χ0n) is 19.7. The highest BCUT2D eigenvalue weighted by Gasteiger charge is 2.30. The van der Waals surface area contributed by atoms with E-state index in [-0.39, 0.29) is 31.4 Å². The van der Waals surface area contributed by atoms with Crippen molar-refractivity contribution >= 4 is 41.4 Å². The van der Waals surface area contributed by atoms with Crippen LogP contribution in [0.2, 0.25) is 0 Å². The topological polar surface area (TPSA) is 214 Å². The lowest BCUT2D eigenvalue weighted by atomic mass is 10.0. The van der Waals surface area contributed by atoms with E-state index >= 15 is 0 Å². The number of rotatable bonds is 15. The van der Waals surface area contributed by atoms with Crippen molar-refractivity contribution in [1.82, 2.24) is 16.0 Å². The Kier molecular flexibility index (Phi) is 12.6. The van der Waals surface area contributed by atoms with Crippen molar-refractivity contribution in [1.29, 1.82) is 0 Å². The summed E-state index contributed by atoms with van der Waals surface area (Å²) in [5.74, 6) is -3.56. The molecule has 0 aliphatic carbocycles. The molecule has 4 atom stereocenters. The van der Waals surface area contributed by atoms with Crippen LogP contribution in [0.25, 0.3) is 0 Å². The van der Waals surface area contributed by atoms with Gasteiger partial charge in [-0.15, -0.1) is 0 Å². The summed E-state index contributed by atoms with van der Waals surface area (Å²) in [4.78, 5) is 60.9. The highest BCUT2D eigenvalue weighted by atomic mass is 32.2. The van der Waals surface area contributed by atoms with Crippen molar-refractivity contribution in [2.45, 2.75) is 56.8 Å². The highest BCUT2D eigenvalue weighted by molar-refractivity contribution is 7.98. The van der Waals surface area contributed by atoms with Gasteiger partial charge < -0.3 is 37.6 Å². The van der Waals surface area contributed by atoms with Crippen molar-refractivity contribution in [2.75, 3.05) is 12.0 Å². The van der Waals surface area contributed by atoms with Gasteiger partial charge in [0, 0.05) is 12.8 Å². The van der Waals surface area contributed by atoms with Gasteiger partial charge in [0.1, 0.15) is 23.9 Å². The number of amides is 4. The predicted octanol–water partition coefficient (Wildman–Crippen LogP) is -1.16. The van der Waals surface area contributed by atoms with Crippen LogP contribution in [-0.4, -0.2) is 76.0 Å². The van der Waals surface area contributed by atoms with Gasteiger partial charge in [-0.1, -0.05) is 12.1 Å². The number of carboxylic acids is 1. The van der Waals surface area contributed by atoms with Crippen LogP contribution in [0, 0.1) is 0 Å². The molecule has 0 heterocycles. The molecule has 9 N–H and O–H groups in total. The average Bonchev–Trinajstić information content (AvgIpc) is 2.79. The zero-order valence-corrected chi connectivity index (χ0v) is 20.5. The van der Waals surface area contributed by atoms with E-state index in [2.05, 4.69) is 16.0 Å². The minimum atomic E-state index is -1.22. The first kappa shape index (κ1) is 29.7. The number of phenols is 1. The third-order valence-electron chi connectivity index (χ3n) is 4.96. The first-order chi connectivity index (χ1) is 16.4. The first-order valence-corrected chi connectivity index (χ1v) is 12.3. The van der Waals surface area contributed by atoms with E-state index < -0.39 is 53.8 Å². The van der Waals surface area contributed by atoms with E-state index in [0.717, 1.165) is 0 Å². The second-order valence-electron chi connectivity index (χ2n) is 7.97. The molecule has 0 radical (unpaired) electrons. The first-order valence-electron chi connectivity index (χ1n) is 10.9. The van der Waals surface area contributed by atoms with Crippen molar-refractivity contribution in [3.05, 3.63) is 29.8 Å². The number of primary amides is 1. The van der Waals surface area contributed by atoms with Gasteiger partial charge in [-0.05, 0) is 49.5 Å². The predicted molar refractivity (Wildman–Crippen MR) is 130 cm³/mol. The molecule has 194 valence electrons. The quantitative estimate of drug-likeness (QED) is 0.151. The number of benzene rings is 1. The summed E-state index contributed by atoms with van der Waals surface area (Å²) in [7, 11) is 0. The molecule has 12 nitrogen and oxygen atoms in total. The number of carboxylic acid groups (broad SMARTS) is 1. The summed E-state index contributed by atoms with van der Waals surface area (Å²) in [5, 5.41) is 26.4. The van der Waals surface area contributed by atoms with Crippen LogP contribution in [-0.2, 0) is 30.4 Å². The van der Waals surface area contributed by atoms with E-state index in [1.165, 1.54) is 30.8 Å². The van der Waals surface area contributed by atoms with E-state index in [4.69, 9.17) is 11.5 Å². The molecule has 1 rings (SSSR count). The normalized spacial score (nSPS) is 14.1. The maximum atomic E-state index is 13.0. The molecule has 0 aliphatic rings. The number of carbonyl (C=O) groups excluding carboxylic acids is 4. The molecule has 4 unspecified atom stereocenters. The molecule has 1 aromatic rings. The maximum Gasteiger partial charge on any atom is 0.326 e. The third-order valence-corrected chi connectivity index (χ3v) is 5.60. The molecule has 0 aromatic heterocycles. The Labute approximate surface area is 207 Å². The van der Waals surface area contributed by atoms with Crippen molar-refractivity contribution in [3.63, 3.8) is 0 Å². The SMILES string of the molecule is CSCCC(NC(=O)C(Cc1ccc(O)cc1)NC(=O)C(CCC(N)=O)NC(=O)C(C)N)C(=O)O. The van der Waals surface area contributed by atoms with Crippen LogP contribution in [0.1, 0.15) is 31.7 Å². The number of hydrogen-bond donors (Lipinski definition) is 7. The third kappa shape index (κ3) is 11.1. The van der Waals surface area contributed by atoms with Gasteiger partial charge in [0.15, 0.2) is 0 Å². The molecule has 0 fully saturated rings. The molecular weight excluding hydrogens is 478 g/mol. The van der Waals surface area contributed by atoms with E-state index in [9.17, 15) is 34.2 Å². The number of thioether (sulfide) groups is 1. The fourth-order valence-corrected chi connectivity index (χ4v) is 3.44. The highest BCUT2D eigenvalue weighted by Crippen LogP contribution is 2.12. The minimum Gasteiger partial charge on any atom is -0.508 e. The lowest BCUT2D eigenvalue weighted by Crippen LogP contribution is -2.57. The smallest absolute Gasteiger partial charge is 0.326 e. The summed E-state index contributed by atoms with van der Waals surface area (Å²) in [5.41, 5.74) is 11.3. The van der Waals surface area contributed by atoms with Gasteiger partial charge in [-0.3, -0.25) is 19.2 Å². The van der Waals surface area contributed by atoms with Gasteiger partial charge >= 0.3 is 5.97 Å². The number of aliphatic carboxylic acids is 1. The Morgan fingerprint density at radius 1 is 0.914 bits per heavy atom. The monoisotopic (exact) mass is 511 g/mol. The largest absolute Gasteiger partial charge is 0.508 e. The summed E-state index contributed by atoms with van der Waals surface area (Å²) in [6.45, 7) is 1.42. The Hall–Kier alpha value is -3.32. The zero-order chi connectivity index (χ0) is 26.5. The van der Waals surface area contributed by atoms with Crippen molar-refractivity contribution in [2.24, 2.45) is 11.5 Å². The molecular formula is C22H33N5O7S. The summed E-state index contributed by atoms with van der Waals surface area (Å²) < 4.78 is 0. The lowest BCUT2D eigenvalue weighted by Gasteiger charge is -2.25. The second-order valence-corrected chi connectivity index (χ2v) is 8.95. The number of phenolic OH excluding ortho intramolecular Hbond substituents is 1. The van der Waals surface area contributed by atoms with E-state index in [0.29, 0.717) is 11.3 Å². The molecule has 35 heavy (non-hydrogen) atoms. The van der Waals surface area contributed by atoms with E-state index in [1.807, 2.05) is 0 Å². The van der Waals surface area contributed by atoms with Gasteiger partial charge in [0.2, 0.25) is 23.6 Å². The molecule has 4 amide bonds. The number of carbonyl (C=O) groups is 5. The molecule has 0 saturated carbocycles. The number of nitrogens with two attached hydrogens (primary N) is 2. The molecule has 0 aliphatic heterocycles. The van der Waals surface area contributed by atoms with Crippen LogP contribution in [0.5, 0.6) is 5.75 Å². The summed E-state index contributed by atoms with van der Waals surface area (Å²) >= 11 is 1.42. The summed E-state index contributed by atoms with van der Waals surface area (Å²) in [6.07, 6.45) is 1.61. The van der Waals surface area contributed by atoms with Gasteiger partial charge in [-0.25, -0.2) is 4.79 Å². The van der Waals surface area contributed by atoms with Crippen molar-refractivity contribution in [3.8, 4) is 5.75 Å². The van der Waals surface area contributed by atoms with Crippen LogP contribution in [0.3, 0.4) is 0 Å². The standard InChI is InChI=1S/C22H33N5O7S/c1-12(23)19(30)25-15(7-8-18(24)29)20(31)27-17(11-13-3-5-14(28)6-4-13)21(32)26-16(22(33)34)9-10-35-2/h3-6,12,15-17,28H,7-11,23H2,1-2H3,(H2,24,29)(H,25,30)(H,26,32)(H,27,31)(H,33,34). The lowest BCUT2D eigenvalue weighted by molar-refractivity contribution is -0.142. The van der Waals surface area contributed by atoms with Crippen LogP contribution < -0.4 is 27.4 Å². The van der Waals surface area contributed by atoms with Gasteiger partial charge in [0.25, 0.3) is 0 Å². The fourth-order valence-electron chi connectivity index (χ4n) is 2.97. The Morgan fingerprint density at radius 3 is 1.97 bits per heavy atom. The maximum absolute atomic E-state index is 13.0. The summed E-state index contributed by atoms with van der Waals surface area (Å²) in [6, 6.07) is 1.39. The Balaban J connectivity index is 3.13. The Morgan fingerprint density at radius 2 is 1.46 bits per heavy atom. The number of hydrogen-bond acceptors (Lipinski definition) is 8. The minimum absolute atomic E-state index is 0.00641. The second kappa shape index (κ2) is 14.8. The Bertz CT molecular complexity index is 895. The van der Waals surface area contributed by atoms with Gasteiger partial charge in [-0.2, -0.15) is 11.8 Å². The van der Waals surface area contributed by atoms with Crippen LogP contribution in [0.15, 0.2) is 24.3 Å². The van der Waals surface area contributed by atoms with Gasteiger partial charge in [0.05, 0.1) is 6.04 Å². The number of nitrogens with one attached hydrogen (secondary N) is 3. The van der Waals surface area contributed by atoms with Crippen molar-refractivity contribution < 1.29 is 34.2 Å².